The summed E-state index contributed by atoms with van der Waals surface area (Å²) in [6, 6.07) is 14.5. The van der Waals surface area contributed by atoms with Gasteiger partial charge in [-0.15, -0.1) is 0 Å². The van der Waals surface area contributed by atoms with E-state index in [-0.39, 0.29) is 30.8 Å². The number of anilines is 1. The van der Waals surface area contributed by atoms with E-state index in [9.17, 15) is 19.8 Å². The van der Waals surface area contributed by atoms with E-state index in [1.165, 1.54) is 0 Å². The number of nitrogens with one attached hydrogen (secondary N) is 2. The molecular formula is C31H42N2O7. The largest absolute Gasteiger partial charge is 0.497 e. The average molecular weight is 555 g/mol. The predicted molar refractivity (Wildman–Crippen MR) is 151 cm³/mol. The van der Waals surface area contributed by atoms with Crippen molar-refractivity contribution < 1.29 is 34.0 Å². The van der Waals surface area contributed by atoms with Crippen LogP contribution in [0, 0.1) is 22.7 Å². The van der Waals surface area contributed by atoms with E-state index < -0.39 is 29.1 Å². The van der Waals surface area contributed by atoms with E-state index in [0.717, 1.165) is 5.56 Å². The lowest BCUT2D eigenvalue weighted by Crippen LogP contribution is -2.61. The summed E-state index contributed by atoms with van der Waals surface area (Å²) in [5, 5.41) is 27.5. The van der Waals surface area contributed by atoms with Crippen LogP contribution in [-0.4, -0.2) is 55.2 Å². The minimum Gasteiger partial charge on any atom is -0.497 e. The van der Waals surface area contributed by atoms with E-state index in [1.807, 2.05) is 31.2 Å². The fraction of sp³-hybridized carbons (Fsp3) is 0.548. The fourth-order valence-corrected chi connectivity index (χ4v) is 7.05. The molecule has 0 heterocycles. The highest BCUT2D eigenvalue weighted by molar-refractivity contribution is 5.84. The zero-order chi connectivity index (χ0) is 28.9. The van der Waals surface area contributed by atoms with Crippen molar-refractivity contribution in [1.82, 2.24) is 5.32 Å². The monoisotopic (exact) mass is 554 g/mol. The van der Waals surface area contributed by atoms with Gasteiger partial charge in [-0.1, -0.05) is 32.0 Å². The van der Waals surface area contributed by atoms with E-state index in [1.54, 1.807) is 38.5 Å². The summed E-state index contributed by atoms with van der Waals surface area (Å²) >= 11 is 0. The van der Waals surface area contributed by atoms with Crippen molar-refractivity contribution in [3.05, 3.63) is 54.1 Å². The quantitative estimate of drug-likeness (QED) is 0.359. The molecule has 2 aromatic carbocycles. The Labute approximate surface area is 236 Å². The standard InChI is InChI=1S/C31H42N2O7/c1-30-16-15-27(40-29(37)33-21-9-11-22(38-3)12-10-21)31(2,19-34)26(30)14-13-24(35)23(30)17-28(36)32-18-20-7-5-6-8-25(20)39-4/h5-12,23-24,26-27,34-35H,13-19H2,1-4H3,(H,32,36)(H,33,37)/t23-,24-,26?,27-,30+,31+/m1/s1. The Hall–Kier alpha value is -3.30. The van der Waals surface area contributed by atoms with Crippen LogP contribution in [0.25, 0.3) is 0 Å². The van der Waals surface area contributed by atoms with Gasteiger partial charge in [0.05, 0.1) is 26.9 Å². The Morgan fingerprint density at radius 2 is 1.73 bits per heavy atom. The van der Waals surface area contributed by atoms with E-state index >= 15 is 0 Å². The second-order valence-electron chi connectivity index (χ2n) is 11.6. The topological polar surface area (TPSA) is 126 Å². The molecule has 2 aliphatic rings. The lowest BCUT2D eigenvalue weighted by Gasteiger charge is -2.60. The Bertz CT molecular complexity index is 1170. The molecule has 4 rings (SSSR count). The van der Waals surface area contributed by atoms with Crippen molar-refractivity contribution in [2.24, 2.45) is 22.7 Å². The van der Waals surface area contributed by atoms with Crippen molar-refractivity contribution in [2.45, 2.75) is 64.7 Å². The van der Waals surface area contributed by atoms with Crippen molar-refractivity contribution in [2.75, 3.05) is 26.1 Å². The van der Waals surface area contributed by atoms with Gasteiger partial charge in [-0.25, -0.2) is 4.79 Å². The molecule has 40 heavy (non-hydrogen) atoms. The Morgan fingerprint density at radius 1 is 1.00 bits per heavy atom. The Balaban J connectivity index is 1.44. The third kappa shape index (κ3) is 6.05. The third-order valence-corrected chi connectivity index (χ3v) is 9.34. The zero-order valence-electron chi connectivity index (χ0n) is 23.8. The molecule has 1 unspecified atom stereocenters. The maximum Gasteiger partial charge on any atom is 0.411 e. The van der Waals surface area contributed by atoms with E-state index in [2.05, 4.69) is 17.6 Å². The first-order valence-electron chi connectivity index (χ1n) is 13.9. The normalized spacial score (nSPS) is 29.6. The van der Waals surface area contributed by atoms with Gasteiger partial charge in [0.15, 0.2) is 0 Å². The maximum absolute atomic E-state index is 13.1. The fourth-order valence-electron chi connectivity index (χ4n) is 7.05. The lowest BCUT2D eigenvalue weighted by molar-refractivity contribution is -0.185. The average Bonchev–Trinajstić information content (AvgIpc) is 2.96. The highest BCUT2D eigenvalue weighted by Crippen LogP contribution is 2.61. The minimum atomic E-state index is -0.726. The molecule has 2 aromatic rings. The van der Waals surface area contributed by atoms with Crippen LogP contribution in [0.4, 0.5) is 10.5 Å². The van der Waals surface area contributed by atoms with Crippen LogP contribution in [0.5, 0.6) is 11.5 Å². The van der Waals surface area contributed by atoms with Crippen LogP contribution in [0.15, 0.2) is 48.5 Å². The minimum absolute atomic E-state index is 0.0482. The zero-order valence-corrected chi connectivity index (χ0v) is 23.8. The number of carbonyl (C=O) groups is 2. The van der Waals surface area contributed by atoms with Crippen molar-refractivity contribution in [3.63, 3.8) is 0 Å². The molecule has 9 heteroatoms. The number of hydrogen-bond donors (Lipinski definition) is 4. The number of para-hydroxylation sites is 1. The van der Waals surface area contributed by atoms with Gasteiger partial charge in [-0.05, 0) is 73.3 Å². The van der Waals surface area contributed by atoms with E-state index in [4.69, 9.17) is 14.2 Å². The van der Waals surface area contributed by atoms with Gasteiger partial charge in [0.25, 0.3) is 0 Å². The van der Waals surface area contributed by atoms with Gasteiger partial charge >= 0.3 is 6.09 Å². The second kappa shape index (κ2) is 12.5. The number of benzene rings is 2. The molecule has 0 saturated heterocycles. The molecule has 0 aliphatic heterocycles. The number of methoxy groups -OCH3 is 2. The number of aliphatic hydroxyl groups is 2. The molecule has 218 valence electrons. The summed E-state index contributed by atoms with van der Waals surface area (Å²) in [6.07, 6.45) is 0.831. The van der Waals surface area contributed by atoms with Crippen LogP contribution in [0.2, 0.25) is 0 Å². The molecule has 9 nitrogen and oxygen atoms in total. The second-order valence-corrected chi connectivity index (χ2v) is 11.6. The summed E-state index contributed by atoms with van der Waals surface area (Å²) in [5.74, 6) is 0.915. The van der Waals surface area contributed by atoms with Crippen LogP contribution in [0.1, 0.15) is 51.5 Å². The summed E-state index contributed by atoms with van der Waals surface area (Å²) in [5.41, 5.74) is 0.321. The third-order valence-electron chi connectivity index (χ3n) is 9.34. The smallest absolute Gasteiger partial charge is 0.411 e. The number of amides is 2. The van der Waals surface area contributed by atoms with Gasteiger partial charge in [-0.3, -0.25) is 10.1 Å². The summed E-state index contributed by atoms with van der Waals surface area (Å²) < 4.78 is 16.5. The molecule has 0 radical (unpaired) electrons. The summed E-state index contributed by atoms with van der Waals surface area (Å²) in [6.45, 7) is 4.23. The number of ether oxygens (including phenoxy) is 3. The summed E-state index contributed by atoms with van der Waals surface area (Å²) in [7, 11) is 3.17. The molecule has 2 aliphatic carbocycles. The number of aliphatic hydroxyl groups excluding tert-OH is 2. The molecular weight excluding hydrogens is 512 g/mol. The molecule has 2 fully saturated rings. The van der Waals surface area contributed by atoms with Crippen LogP contribution in [0.3, 0.4) is 0 Å². The lowest BCUT2D eigenvalue weighted by atomic mass is 9.46. The molecule has 0 spiro atoms. The number of hydrogen-bond acceptors (Lipinski definition) is 7. The number of carbonyl (C=O) groups excluding carboxylic acids is 2. The first-order valence-corrected chi connectivity index (χ1v) is 13.9. The van der Waals surface area contributed by atoms with E-state index in [0.29, 0.717) is 49.4 Å². The predicted octanol–water partition coefficient (Wildman–Crippen LogP) is 4.51. The van der Waals surface area contributed by atoms with Gasteiger partial charge < -0.3 is 29.7 Å². The molecule has 2 saturated carbocycles. The van der Waals surface area contributed by atoms with Gasteiger partial charge in [0, 0.05) is 29.6 Å². The Morgan fingerprint density at radius 3 is 2.40 bits per heavy atom. The van der Waals surface area contributed by atoms with Crippen molar-refractivity contribution in [1.29, 1.82) is 0 Å². The van der Waals surface area contributed by atoms with Crippen molar-refractivity contribution >= 4 is 17.7 Å². The van der Waals surface area contributed by atoms with Crippen molar-refractivity contribution in [3.8, 4) is 11.5 Å². The van der Waals surface area contributed by atoms with Crippen LogP contribution < -0.4 is 20.1 Å². The SMILES string of the molecule is COc1ccc(NC(=O)O[C@@H]2CC[C@]3(C)C(CC[C@@H](O)[C@H]3CC(=O)NCc3ccccc3OC)[C@]2(C)CO)cc1. The van der Waals surface area contributed by atoms with Crippen LogP contribution in [-0.2, 0) is 16.1 Å². The first kappa shape index (κ1) is 29.7. The molecule has 2 amide bonds. The summed E-state index contributed by atoms with van der Waals surface area (Å²) in [4.78, 5) is 25.9. The highest BCUT2D eigenvalue weighted by atomic mass is 16.6. The maximum atomic E-state index is 13.1. The molecule has 6 atom stereocenters. The molecule has 0 bridgehead atoms. The van der Waals surface area contributed by atoms with Gasteiger partial charge in [0.2, 0.25) is 5.91 Å². The van der Waals surface area contributed by atoms with Gasteiger partial charge in [-0.2, -0.15) is 0 Å². The molecule has 4 N–H and O–H groups in total. The first-order chi connectivity index (χ1) is 19.1. The highest BCUT2D eigenvalue weighted by Gasteiger charge is 2.60. The number of fused-ring (bicyclic) bond motifs is 1. The number of rotatable bonds is 9. The molecule has 0 aromatic heterocycles. The van der Waals surface area contributed by atoms with Gasteiger partial charge in [0.1, 0.15) is 17.6 Å². The Kier molecular flexibility index (Phi) is 9.26. The van der Waals surface area contributed by atoms with Crippen LogP contribution >= 0.6 is 0 Å².